The molecule has 0 saturated carbocycles. The van der Waals surface area contributed by atoms with E-state index >= 15 is 0 Å². The Morgan fingerprint density at radius 3 is 2.55 bits per heavy atom. The van der Waals surface area contributed by atoms with Crippen LogP contribution in [0.1, 0.15) is 34.2 Å². The van der Waals surface area contributed by atoms with Gasteiger partial charge in [0.1, 0.15) is 11.3 Å². The van der Waals surface area contributed by atoms with Crippen molar-refractivity contribution in [3.63, 3.8) is 0 Å². The summed E-state index contributed by atoms with van der Waals surface area (Å²) in [6.07, 6.45) is 2.62. The molecule has 0 aliphatic heterocycles. The SMILES string of the molecule is CCc1nc2cc(C)ccn2c1C(=O)Nc1ccc(C)cc1. The van der Waals surface area contributed by atoms with Crippen LogP contribution in [0.15, 0.2) is 42.6 Å². The first-order chi connectivity index (χ1) is 10.6. The molecule has 4 heteroatoms. The van der Waals surface area contributed by atoms with Crippen LogP contribution in [0.25, 0.3) is 5.65 Å². The molecule has 112 valence electrons. The lowest BCUT2D eigenvalue weighted by Crippen LogP contribution is -2.16. The molecule has 3 rings (SSSR count). The van der Waals surface area contributed by atoms with Gasteiger partial charge in [-0.2, -0.15) is 0 Å². The number of nitrogens with zero attached hydrogens (tertiary/aromatic N) is 2. The molecule has 0 bridgehead atoms. The maximum absolute atomic E-state index is 12.7. The predicted octanol–water partition coefficient (Wildman–Crippen LogP) is 3.77. The predicted molar refractivity (Wildman–Crippen MR) is 88.4 cm³/mol. The number of benzene rings is 1. The Morgan fingerprint density at radius 2 is 1.86 bits per heavy atom. The van der Waals surface area contributed by atoms with Crippen molar-refractivity contribution in [2.75, 3.05) is 5.32 Å². The number of amides is 1. The number of pyridine rings is 1. The molecule has 0 unspecified atom stereocenters. The molecule has 0 fully saturated rings. The van der Waals surface area contributed by atoms with E-state index in [1.54, 1.807) is 0 Å². The van der Waals surface area contributed by atoms with Gasteiger partial charge in [-0.3, -0.25) is 9.20 Å². The Bertz CT molecular complexity index is 831. The number of aromatic nitrogens is 2. The summed E-state index contributed by atoms with van der Waals surface area (Å²) in [5.41, 5.74) is 5.32. The van der Waals surface area contributed by atoms with Gasteiger partial charge in [0.15, 0.2) is 0 Å². The summed E-state index contributed by atoms with van der Waals surface area (Å²) in [5, 5.41) is 2.95. The number of rotatable bonds is 3. The van der Waals surface area contributed by atoms with Gasteiger partial charge in [0, 0.05) is 11.9 Å². The monoisotopic (exact) mass is 293 g/mol. The van der Waals surface area contributed by atoms with Crippen LogP contribution in [-0.4, -0.2) is 15.3 Å². The molecule has 0 atom stereocenters. The normalized spacial score (nSPS) is 10.9. The molecule has 4 nitrogen and oxygen atoms in total. The van der Waals surface area contributed by atoms with Gasteiger partial charge < -0.3 is 5.32 Å². The van der Waals surface area contributed by atoms with E-state index in [1.807, 2.05) is 67.8 Å². The standard InChI is InChI=1S/C18H19N3O/c1-4-15-17(21-10-9-13(3)11-16(21)20-15)18(22)19-14-7-5-12(2)6-8-14/h5-11H,4H2,1-3H3,(H,19,22). The second kappa shape index (κ2) is 5.64. The van der Waals surface area contributed by atoms with Gasteiger partial charge in [0.2, 0.25) is 0 Å². The van der Waals surface area contributed by atoms with Crippen molar-refractivity contribution in [2.45, 2.75) is 27.2 Å². The van der Waals surface area contributed by atoms with E-state index in [2.05, 4.69) is 10.3 Å². The molecule has 0 saturated heterocycles. The second-order valence-electron chi connectivity index (χ2n) is 5.51. The first kappa shape index (κ1) is 14.3. The molecule has 2 heterocycles. The molecule has 0 aliphatic rings. The third kappa shape index (κ3) is 2.60. The summed E-state index contributed by atoms with van der Waals surface area (Å²) in [4.78, 5) is 17.2. The number of hydrogen-bond donors (Lipinski definition) is 1. The van der Waals surface area contributed by atoms with Crippen LogP contribution in [0.2, 0.25) is 0 Å². The zero-order valence-corrected chi connectivity index (χ0v) is 13.1. The number of hydrogen-bond acceptors (Lipinski definition) is 2. The summed E-state index contributed by atoms with van der Waals surface area (Å²) in [6, 6.07) is 11.7. The maximum atomic E-state index is 12.7. The van der Waals surface area contributed by atoms with Crippen LogP contribution in [0.5, 0.6) is 0 Å². The van der Waals surface area contributed by atoms with E-state index in [-0.39, 0.29) is 5.91 Å². The minimum atomic E-state index is -0.128. The number of carbonyl (C=O) groups excluding carboxylic acids is 1. The summed E-state index contributed by atoms with van der Waals surface area (Å²) in [7, 11) is 0. The average Bonchev–Trinajstić information content (AvgIpc) is 2.87. The fourth-order valence-corrected chi connectivity index (χ4v) is 2.51. The van der Waals surface area contributed by atoms with Gasteiger partial charge in [-0.05, 0) is 50.1 Å². The molecule has 0 radical (unpaired) electrons. The van der Waals surface area contributed by atoms with Gasteiger partial charge in [0.05, 0.1) is 5.69 Å². The molecule has 0 aliphatic carbocycles. The van der Waals surface area contributed by atoms with Crippen LogP contribution >= 0.6 is 0 Å². The molecule has 1 amide bonds. The van der Waals surface area contributed by atoms with Crippen molar-refractivity contribution in [2.24, 2.45) is 0 Å². The Kier molecular flexibility index (Phi) is 3.67. The number of aryl methyl sites for hydroxylation is 3. The Balaban J connectivity index is 2.00. The lowest BCUT2D eigenvalue weighted by atomic mass is 10.2. The Morgan fingerprint density at radius 1 is 1.14 bits per heavy atom. The van der Waals surface area contributed by atoms with Crippen LogP contribution in [0, 0.1) is 13.8 Å². The molecular weight excluding hydrogens is 274 g/mol. The van der Waals surface area contributed by atoms with Crippen LogP contribution in [0.3, 0.4) is 0 Å². The largest absolute Gasteiger partial charge is 0.321 e. The van der Waals surface area contributed by atoms with Crippen molar-refractivity contribution in [3.8, 4) is 0 Å². The molecule has 3 aromatic rings. The Hall–Kier alpha value is -2.62. The molecule has 22 heavy (non-hydrogen) atoms. The van der Waals surface area contributed by atoms with Gasteiger partial charge in [-0.15, -0.1) is 0 Å². The summed E-state index contributed by atoms with van der Waals surface area (Å²) in [5.74, 6) is -0.128. The van der Waals surface area contributed by atoms with E-state index in [1.165, 1.54) is 0 Å². The number of fused-ring (bicyclic) bond motifs is 1. The lowest BCUT2D eigenvalue weighted by Gasteiger charge is -2.07. The van der Waals surface area contributed by atoms with Crippen LogP contribution < -0.4 is 5.32 Å². The number of nitrogens with one attached hydrogen (secondary N) is 1. The molecule has 2 aromatic heterocycles. The van der Waals surface area contributed by atoms with Crippen molar-refractivity contribution in [3.05, 3.63) is 65.1 Å². The topological polar surface area (TPSA) is 46.4 Å². The minimum Gasteiger partial charge on any atom is -0.321 e. The van der Waals surface area contributed by atoms with E-state index in [4.69, 9.17) is 0 Å². The third-order valence-electron chi connectivity index (χ3n) is 3.71. The van der Waals surface area contributed by atoms with Crippen molar-refractivity contribution < 1.29 is 4.79 Å². The second-order valence-corrected chi connectivity index (χ2v) is 5.51. The quantitative estimate of drug-likeness (QED) is 0.799. The zero-order chi connectivity index (χ0) is 15.7. The fraction of sp³-hybridized carbons (Fsp3) is 0.222. The highest BCUT2D eigenvalue weighted by molar-refractivity contribution is 6.04. The zero-order valence-electron chi connectivity index (χ0n) is 13.1. The molecule has 1 N–H and O–H groups in total. The van der Waals surface area contributed by atoms with Crippen molar-refractivity contribution in [1.29, 1.82) is 0 Å². The Labute approximate surface area is 129 Å². The lowest BCUT2D eigenvalue weighted by molar-refractivity contribution is 0.102. The summed E-state index contributed by atoms with van der Waals surface area (Å²) >= 11 is 0. The maximum Gasteiger partial charge on any atom is 0.274 e. The average molecular weight is 293 g/mol. The van der Waals surface area contributed by atoms with Crippen molar-refractivity contribution in [1.82, 2.24) is 9.38 Å². The number of imidazole rings is 1. The molecular formula is C18H19N3O. The summed E-state index contributed by atoms with van der Waals surface area (Å²) in [6.45, 7) is 6.05. The number of carbonyl (C=O) groups is 1. The first-order valence-corrected chi connectivity index (χ1v) is 7.44. The highest BCUT2D eigenvalue weighted by Crippen LogP contribution is 2.17. The van der Waals surface area contributed by atoms with Crippen molar-refractivity contribution >= 4 is 17.2 Å². The minimum absolute atomic E-state index is 0.128. The number of anilines is 1. The van der Waals surface area contributed by atoms with Gasteiger partial charge in [-0.1, -0.05) is 24.6 Å². The first-order valence-electron chi connectivity index (χ1n) is 7.44. The van der Waals surface area contributed by atoms with Gasteiger partial charge >= 0.3 is 0 Å². The highest BCUT2D eigenvalue weighted by atomic mass is 16.2. The molecule has 1 aromatic carbocycles. The van der Waals surface area contributed by atoms with E-state index in [0.29, 0.717) is 5.69 Å². The van der Waals surface area contributed by atoms with Crippen LogP contribution in [-0.2, 0) is 6.42 Å². The van der Waals surface area contributed by atoms with Gasteiger partial charge in [0.25, 0.3) is 5.91 Å². The molecule has 0 spiro atoms. The third-order valence-corrected chi connectivity index (χ3v) is 3.71. The smallest absolute Gasteiger partial charge is 0.274 e. The van der Waals surface area contributed by atoms with Crippen LogP contribution in [0.4, 0.5) is 5.69 Å². The highest BCUT2D eigenvalue weighted by Gasteiger charge is 2.18. The van der Waals surface area contributed by atoms with E-state index < -0.39 is 0 Å². The summed E-state index contributed by atoms with van der Waals surface area (Å²) < 4.78 is 1.86. The fourth-order valence-electron chi connectivity index (χ4n) is 2.51. The van der Waals surface area contributed by atoms with E-state index in [9.17, 15) is 4.79 Å². The van der Waals surface area contributed by atoms with E-state index in [0.717, 1.165) is 34.6 Å². The van der Waals surface area contributed by atoms with Gasteiger partial charge in [-0.25, -0.2) is 4.98 Å².